The lowest BCUT2D eigenvalue weighted by Gasteiger charge is -2.31. The Bertz CT molecular complexity index is 458. The van der Waals surface area contributed by atoms with E-state index in [0.717, 1.165) is 12.1 Å². The van der Waals surface area contributed by atoms with Crippen LogP contribution in [0.5, 0.6) is 0 Å². The molecule has 1 aliphatic heterocycles. The van der Waals surface area contributed by atoms with Crippen LogP contribution < -0.4 is 4.72 Å². The summed E-state index contributed by atoms with van der Waals surface area (Å²) in [5.41, 5.74) is 0.140. The van der Waals surface area contributed by atoms with E-state index in [1.165, 1.54) is 24.3 Å². The molecule has 2 rings (SSSR count). The molecule has 0 bridgehead atoms. The third-order valence-corrected chi connectivity index (χ3v) is 4.22. The van der Waals surface area contributed by atoms with Gasteiger partial charge in [0, 0.05) is 30.2 Å². The van der Waals surface area contributed by atoms with E-state index in [-0.39, 0.29) is 11.7 Å². The number of benzene rings is 1. The highest BCUT2D eigenvalue weighted by atomic mass is 35.5. The summed E-state index contributed by atoms with van der Waals surface area (Å²) in [5.74, 6) is 0. The van der Waals surface area contributed by atoms with Crippen LogP contribution >= 0.6 is 23.7 Å². The molecule has 0 spiro atoms. The van der Waals surface area contributed by atoms with Gasteiger partial charge >= 0.3 is 6.18 Å². The summed E-state index contributed by atoms with van der Waals surface area (Å²) in [4.78, 5) is 0. The van der Waals surface area contributed by atoms with Crippen LogP contribution in [0.2, 0.25) is 5.02 Å². The number of alkyl halides is 3. The van der Waals surface area contributed by atoms with E-state index in [1.807, 2.05) is 11.2 Å². The zero-order valence-electron chi connectivity index (χ0n) is 11.4. The van der Waals surface area contributed by atoms with E-state index in [2.05, 4.69) is 4.72 Å². The molecule has 21 heavy (non-hydrogen) atoms. The zero-order chi connectivity index (χ0) is 15.5. The maximum Gasteiger partial charge on any atom is 0.408 e. The molecule has 0 radical (unpaired) electrons. The van der Waals surface area contributed by atoms with E-state index in [4.69, 9.17) is 16.3 Å². The first-order valence-electron chi connectivity index (χ1n) is 6.47. The largest absolute Gasteiger partial charge is 0.408 e. The first-order chi connectivity index (χ1) is 9.86. The van der Waals surface area contributed by atoms with Crippen molar-refractivity contribution < 1.29 is 17.9 Å². The van der Waals surface area contributed by atoms with Crippen molar-refractivity contribution in [3.8, 4) is 0 Å². The maximum absolute atomic E-state index is 13.2. The van der Waals surface area contributed by atoms with Gasteiger partial charge in [0.15, 0.2) is 0 Å². The lowest BCUT2D eigenvalue weighted by molar-refractivity contribution is -0.152. The first kappa shape index (κ1) is 16.9. The Labute approximate surface area is 131 Å². The molecule has 1 fully saturated rings. The smallest absolute Gasteiger partial charge is 0.376 e. The van der Waals surface area contributed by atoms with Crippen molar-refractivity contribution in [3.63, 3.8) is 0 Å². The zero-order valence-corrected chi connectivity index (χ0v) is 12.9. The molecule has 8 heteroatoms. The summed E-state index contributed by atoms with van der Waals surface area (Å²) in [6.07, 6.45) is -4.36. The molecule has 1 N–H and O–H groups in total. The first-order valence-corrected chi connectivity index (χ1v) is 7.62. The Morgan fingerprint density at radius 2 is 2.05 bits per heavy atom. The predicted octanol–water partition coefficient (Wildman–Crippen LogP) is 3.82. The van der Waals surface area contributed by atoms with Gasteiger partial charge in [0.1, 0.15) is 6.04 Å². The Morgan fingerprint density at radius 3 is 2.62 bits per heavy atom. The van der Waals surface area contributed by atoms with Crippen LogP contribution in [0.4, 0.5) is 13.2 Å². The van der Waals surface area contributed by atoms with Gasteiger partial charge in [-0.25, -0.2) is 9.03 Å². The summed E-state index contributed by atoms with van der Waals surface area (Å²) in [6, 6.07) is 3.95. The number of halogens is 4. The second-order valence-corrected chi connectivity index (χ2v) is 6.18. The Kier molecular flexibility index (Phi) is 5.79. The van der Waals surface area contributed by atoms with Crippen LogP contribution in [0.25, 0.3) is 0 Å². The van der Waals surface area contributed by atoms with Crippen molar-refractivity contribution in [2.45, 2.75) is 25.2 Å². The predicted molar refractivity (Wildman–Crippen MR) is 78.0 cm³/mol. The molecule has 1 aromatic carbocycles. The molecule has 2 atom stereocenters. The summed E-state index contributed by atoms with van der Waals surface area (Å²) >= 11 is 6.70. The SMILES string of the molecule is CC1CN(SNC(c2ccc(Cl)cc2)C(F)(F)F)CCO1. The van der Waals surface area contributed by atoms with Gasteiger partial charge in [-0.15, -0.1) is 0 Å². The molecule has 1 saturated heterocycles. The van der Waals surface area contributed by atoms with Gasteiger partial charge in [-0.2, -0.15) is 13.2 Å². The molecule has 0 amide bonds. The summed E-state index contributed by atoms with van der Waals surface area (Å²) in [5, 5.41) is 0.411. The topological polar surface area (TPSA) is 24.5 Å². The van der Waals surface area contributed by atoms with Crippen LogP contribution in [0, 0.1) is 0 Å². The monoisotopic (exact) mass is 340 g/mol. The van der Waals surface area contributed by atoms with Crippen molar-refractivity contribution in [1.82, 2.24) is 9.03 Å². The number of morpholine rings is 1. The maximum atomic E-state index is 13.2. The van der Waals surface area contributed by atoms with Crippen LogP contribution in [0.1, 0.15) is 18.5 Å². The lowest BCUT2D eigenvalue weighted by Crippen LogP contribution is -2.40. The van der Waals surface area contributed by atoms with E-state index in [9.17, 15) is 13.2 Å². The van der Waals surface area contributed by atoms with Crippen molar-refractivity contribution in [2.24, 2.45) is 0 Å². The highest BCUT2D eigenvalue weighted by Gasteiger charge is 2.41. The molecule has 1 aromatic rings. The van der Waals surface area contributed by atoms with E-state index >= 15 is 0 Å². The molecular weight excluding hydrogens is 325 g/mol. The average molecular weight is 341 g/mol. The van der Waals surface area contributed by atoms with Gasteiger partial charge in [0.25, 0.3) is 0 Å². The normalized spacial score (nSPS) is 22.2. The molecule has 0 saturated carbocycles. The number of ether oxygens (including phenoxy) is 1. The Morgan fingerprint density at radius 1 is 1.38 bits per heavy atom. The van der Waals surface area contributed by atoms with Crippen LogP contribution in [0.3, 0.4) is 0 Å². The fourth-order valence-electron chi connectivity index (χ4n) is 1.98. The molecule has 3 nitrogen and oxygen atoms in total. The van der Waals surface area contributed by atoms with Crippen molar-refractivity contribution in [1.29, 1.82) is 0 Å². The molecule has 0 aromatic heterocycles. The van der Waals surface area contributed by atoms with Gasteiger partial charge in [-0.05, 0) is 24.6 Å². The summed E-state index contributed by atoms with van der Waals surface area (Å²) < 4.78 is 49.3. The quantitative estimate of drug-likeness (QED) is 0.842. The fraction of sp³-hybridized carbons (Fsp3) is 0.538. The number of hydrogen-bond donors (Lipinski definition) is 1. The second kappa shape index (κ2) is 7.19. The highest BCUT2D eigenvalue weighted by molar-refractivity contribution is 7.95. The van der Waals surface area contributed by atoms with Gasteiger partial charge in [-0.1, -0.05) is 23.7 Å². The number of hydrogen-bond acceptors (Lipinski definition) is 4. The van der Waals surface area contributed by atoms with Crippen molar-refractivity contribution in [3.05, 3.63) is 34.9 Å². The average Bonchev–Trinajstić information content (AvgIpc) is 2.39. The van der Waals surface area contributed by atoms with Gasteiger partial charge in [0.2, 0.25) is 0 Å². The minimum absolute atomic E-state index is 0.0212. The standard InChI is InChI=1S/C13H16ClF3N2OS/c1-9-8-19(6-7-20-9)21-18-12(13(15,16)17)10-2-4-11(14)5-3-10/h2-5,9,12,18H,6-8H2,1H3. The molecule has 118 valence electrons. The van der Waals surface area contributed by atoms with Crippen molar-refractivity contribution in [2.75, 3.05) is 19.7 Å². The highest BCUT2D eigenvalue weighted by Crippen LogP contribution is 2.35. The number of nitrogens with zero attached hydrogens (tertiary/aromatic N) is 1. The van der Waals surface area contributed by atoms with Crippen LogP contribution in [0.15, 0.2) is 24.3 Å². The van der Waals surface area contributed by atoms with Gasteiger partial charge in [-0.3, -0.25) is 0 Å². The minimum atomic E-state index is -4.38. The third-order valence-electron chi connectivity index (χ3n) is 3.03. The van der Waals surface area contributed by atoms with Crippen LogP contribution in [-0.4, -0.2) is 36.3 Å². The third kappa shape index (κ3) is 5.03. The van der Waals surface area contributed by atoms with Crippen LogP contribution in [-0.2, 0) is 4.74 Å². The molecule has 1 heterocycles. The number of rotatable bonds is 4. The van der Waals surface area contributed by atoms with E-state index in [0.29, 0.717) is 24.7 Å². The van der Waals surface area contributed by atoms with Gasteiger partial charge < -0.3 is 4.74 Å². The van der Waals surface area contributed by atoms with E-state index in [1.54, 1.807) is 0 Å². The molecule has 1 aliphatic rings. The summed E-state index contributed by atoms with van der Waals surface area (Å²) in [6.45, 7) is 3.59. The van der Waals surface area contributed by atoms with Crippen molar-refractivity contribution >= 4 is 23.7 Å². The van der Waals surface area contributed by atoms with E-state index < -0.39 is 12.2 Å². The van der Waals surface area contributed by atoms with Gasteiger partial charge in [0.05, 0.1) is 12.7 Å². The Balaban J connectivity index is 2.02. The molecule has 2 unspecified atom stereocenters. The molecular formula is C13H16ClF3N2OS. The second-order valence-electron chi connectivity index (χ2n) is 4.80. The molecule has 0 aliphatic carbocycles. The lowest BCUT2D eigenvalue weighted by atomic mass is 10.1. The Hall–Kier alpha value is -0.470. The number of nitrogens with one attached hydrogen (secondary N) is 1. The minimum Gasteiger partial charge on any atom is -0.376 e. The fourth-order valence-corrected chi connectivity index (χ4v) is 3.08. The summed E-state index contributed by atoms with van der Waals surface area (Å²) in [7, 11) is 0.